The number of aromatic amines is 1. The highest BCUT2D eigenvalue weighted by Gasteiger charge is 2.31. The van der Waals surface area contributed by atoms with E-state index < -0.39 is 10.0 Å². The number of H-pyrrole nitrogens is 1. The molecule has 2 N–H and O–H groups in total. The van der Waals surface area contributed by atoms with Crippen LogP contribution in [-0.4, -0.2) is 41.7 Å². The van der Waals surface area contributed by atoms with Crippen molar-refractivity contribution in [2.45, 2.75) is 23.7 Å². The number of fused-ring (bicyclic) bond motifs is 1. The standard InChI is InChI=1S/C23H22N4O3S2/c28-23(21-6-3-15-31-21)24-17-7-9-18(10-8-17)32(29,30)27-13-11-16(12-14-27)22-25-19-4-1-2-5-20(19)26-22/h1-10,15-16H,11-14H2,(H,24,28)(H,25,26). The van der Waals surface area contributed by atoms with Crippen LogP contribution < -0.4 is 5.32 Å². The van der Waals surface area contributed by atoms with Crippen molar-refractivity contribution in [3.63, 3.8) is 0 Å². The number of aromatic nitrogens is 2. The summed E-state index contributed by atoms with van der Waals surface area (Å²) in [6, 6.07) is 17.8. The van der Waals surface area contributed by atoms with Crippen molar-refractivity contribution in [1.29, 1.82) is 0 Å². The molecule has 164 valence electrons. The summed E-state index contributed by atoms with van der Waals surface area (Å²) < 4.78 is 27.7. The number of amides is 1. The third kappa shape index (κ3) is 4.06. The van der Waals surface area contributed by atoms with Crippen molar-refractivity contribution in [2.24, 2.45) is 0 Å². The molecule has 0 aliphatic carbocycles. The molecule has 32 heavy (non-hydrogen) atoms. The summed E-state index contributed by atoms with van der Waals surface area (Å²) in [6.45, 7) is 0.891. The van der Waals surface area contributed by atoms with Crippen LogP contribution in [0.1, 0.15) is 34.3 Å². The number of nitrogens with zero attached hydrogens (tertiary/aromatic N) is 2. The predicted octanol–water partition coefficient (Wildman–Crippen LogP) is 4.45. The minimum absolute atomic E-state index is 0.205. The third-order valence-electron chi connectivity index (χ3n) is 5.74. The Morgan fingerprint density at radius 3 is 2.47 bits per heavy atom. The fraction of sp³-hybridized carbons (Fsp3) is 0.217. The number of hydrogen-bond acceptors (Lipinski definition) is 5. The number of thiophene rings is 1. The molecule has 0 saturated carbocycles. The Bertz CT molecular complexity index is 1300. The van der Waals surface area contributed by atoms with Crippen molar-refractivity contribution in [2.75, 3.05) is 18.4 Å². The average Bonchev–Trinajstić information content (AvgIpc) is 3.50. The number of para-hydroxylation sites is 2. The average molecular weight is 467 g/mol. The number of piperidine rings is 1. The lowest BCUT2D eigenvalue weighted by Crippen LogP contribution is -2.38. The normalized spacial score (nSPS) is 15.8. The van der Waals surface area contributed by atoms with Crippen LogP contribution >= 0.6 is 11.3 Å². The van der Waals surface area contributed by atoms with Crippen LogP contribution in [0.3, 0.4) is 0 Å². The van der Waals surface area contributed by atoms with Crippen molar-refractivity contribution in [3.05, 3.63) is 76.7 Å². The SMILES string of the molecule is O=C(Nc1ccc(S(=O)(=O)N2CCC(c3nc4ccccc4[nH]3)CC2)cc1)c1cccs1. The second-order valence-electron chi connectivity index (χ2n) is 7.77. The maximum absolute atomic E-state index is 13.1. The van der Waals surface area contributed by atoms with Crippen LogP contribution in [0.4, 0.5) is 5.69 Å². The van der Waals surface area contributed by atoms with Gasteiger partial charge in [-0.05, 0) is 60.7 Å². The van der Waals surface area contributed by atoms with Crippen LogP contribution in [0, 0.1) is 0 Å². The quantitative estimate of drug-likeness (QED) is 0.454. The molecule has 0 unspecified atom stereocenters. The van der Waals surface area contributed by atoms with E-state index >= 15 is 0 Å². The summed E-state index contributed by atoms with van der Waals surface area (Å²) in [5.41, 5.74) is 2.50. The van der Waals surface area contributed by atoms with Gasteiger partial charge in [0.1, 0.15) is 5.82 Å². The van der Waals surface area contributed by atoms with Crippen LogP contribution in [0.5, 0.6) is 0 Å². The summed E-state index contributed by atoms with van der Waals surface area (Å²) in [5, 5.41) is 4.63. The fourth-order valence-corrected chi connectivity index (χ4v) is 6.08. The number of nitrogens with one attached hydrogen (secondary N) is 2. The highest BCUT2D eigenvalue weighted by molar-refractivity contribution is 7.89. The summed E-state index contributed by atoms with van der Waals surface area (Å²) in [4.78, 5) is 21.1. The van der Waals surface area contributed by atoms with E-state index in [0.29, 0.717) is 36.5 Å². The van der Waals surface area contributed by atoms with Gasteiger partial charge in [-0.3, -0.25) is 4.79 Å². The molecule has 2 aromatic carbocycles. The maximum Gasteiger partial charge on any atom is 0.265 e. The summed E-state index contributed by atoms with van der Waals surface area (Å²) >= 11 is 1.35. The zero-order valence-electron chi connectivity index (χ0n) is 17.2. The van der Waals surface area contributed by atoms with Gasteiger partial charge in [0.2, 0.25) is 10.0 Å². The monoisotopic (exact) mass is 466 g/mol. The molecule has 2 aromatic heterocycles. The second-order valence-corrected chi connectivity index (χ2v) is 10.7. The van der Waals surface area contributed by atoms with Crippen LogP contribution in [0.15, 0.2) is 70.9 Å². The molecule has 3 heterocycles. The van der Waals surface area contributed by atoms with Crippen molar-refractivity contribution in [3.8, 4) is 0 Å². The first-order chi connectivity index (χ1) is 15.5. The van der Waals surface area contributed by atoms with Gasteiger partial charge in [-0.25, -0.2) is 13.4 Å². The molecule has 4 aromatic rings. The van der Waals surface area contributed by atoms with E-state index in [-0.39, 0.29) is 16.7 Å². The van der Waals surface area contributed by atoms with Crippen LogP contribution in [0.2, 0.25) is 0 Å². The van der Waals surface area contributed by atoms with Gasteiger partial charge < -0.3 is 10.3 Å². The maximum atomic E-state index is 13.1. The summed E-state index contributed by atoms with van der Waals surface area (Å²) in [5.74, 6) is 0.932. The molecule has 5 rings (SSSR count). The van der Waals surface area contributed by atoms with E-state index in [1.165, 1.54) is 15.6 Å². The molecular formula is C23H22N4O3S2. The second kappa shape index (κ2) is 8.50. The number of benzene rings is 2. The predicted molar refractivity (Wildman–Crippen MR) is 126 cm³/mol. The molecule has 1 amide bonds. The van der Waals surface area contributed by atoms with Gasteiger partial charge in [-0.15, -0.1) is 11.3 Å². The van der Waals surface area contributed by atoms with Gasteiger partial charge in [0.15, 0.2) is 0 Å². The molecule has 1 aliphatic heterocycles. The number of rotatable bonds is 5. The van der Waals surface area contributed by atoms with Crippen molar-refractivity contribution < 1.29 is 13.2 Å². The zero-order valence-corrected chi connectivity index (χ0v) is 18.8. The van der Waals surface area contributed by atoms with Crippen molar-refractivity contribution >= 4 is 44.0 Å². The minimum atomic E-state index is -3.59. The summed E-state index contributed by atoms with van der Waals surface area (Å²) in [6.07, 6.45) is 1.43. The fourth-order valence-electron chi connectivity index (χ4n) is 4.00. The van der Waals surface area contributed by atoms with Gasteiger partial charge in [0.25, 0.3) is 5.91 Å². The van der Waals surface area contributed by atoms with Crippen LogP contribution in [0.25, 0.3) is 11.0 Å². The first-order valence-electron chi connectivity index (χ1n) is 10.4. The topological polar surface area (TPSA) is 95.2 Å². The Labute approximate surface area is 190 Å². The summed E-state index contributed by atoms with van der Waals surface area (Å²) in [7, 11) is -3.59. The third-order valence-corrected chi connectivity index (χ3v) is 8.52. The van der Waals surface area contributed by atoms with E-state index in [1.54, 1.807) is 30.3 Å². The van der Waals surface area contributed by atoms with Gasteiger partial charge in [-0.1, -0.05) is 18.2 Å². The Hall–Kier alpha value is -3.01. The molecule has 0 atom stereocenters. The Kier molecular flexibility index (Phi) is 5.54. The number of carbonyl (C=O) groups is 1. The number of carbonyl (C=O) groups excluding carboxylic acids is 1. The highest BCUT2D eigenvalue weighted by Crippen LogP contribution is 2.30. The van der Waals surface area contributed by atoms with Crippen LogP contribution in [-0.2, 0) is 10.0 Å². The zero-order chi connectivity index (χ0) is 22.1. The van der Waals surface area contributed by atoms with Gasteiger partial charge in [-0.2, -0.15) is 4.31 Å². The number of sulfonamides is 1. The van der Waals surface area contributed by atoms with E-state index in [0.717, 1.165) is 16.9 Å². The molecule has 1 fully saturated rings. The highest BCUT2D eigenvalue weighted by atomic mass is 32.2. The molecular weight excluding hydrogens is 444 g/mol. The lowest BCUT2D eigenvalue weighted by Gasteiger charge is -2.30. The molecule has 0 spiro atoms. The number of hydrogen-bond donors (Lipinski definition) is 2. The smallest absolute Gasteiger partial charge is 0.265 e. The Morgan fingerprint density at radius 1 is 1.03 bits per heavy atom. The first-order valence-corrected chi connectivity index (χ1v) is 12.7. The largest absolute Gasteiger partial charge is 0.342 e. The molecule has 7 nitrogen and oxygen atoms in total. The Morgan fingerprint density at radius 2 is 1.78 bits per heavy atom. The van der Waals surface area contributed by atoms with E-state index in [9.17, 15) is 13.2 Å². The number of anilines is 1. The Balaban J connectivity index is 1.24. The molecule has 1 aliphatic rings. The van der Waals surface area contributed by atoms with E-state index in [4.69, 9.17) is 0 Å². The number of imidazole rings is 1. The van der Waals surface area contributed by atoms with Gasteiger partial charge in [0.05, 0.1) is 20.8 Å². The van der Waals surface area contributed by atoms with E-state index in [2.05, 4.69) is 15.3 Å². The lowest BCUT2D eigenvalue weighted by molar-refractivity contribution is 0.103. The molecule has 0 bridgehead atoms. The lowest BCUT2D eigenvalue weighted by atomic mass is 9.97. The molecule has 9 heteroatoms. The van der Waals surface area contributed by atoms with Gasteiger partial charge in [0, 0.05) is 24.7 Å². The minimum Gasteiger partial charge on any atom is -0.342 e. The molecule has 0 radical (unpaired) electrons. The van der Waals surface area contributed by atoms with Crippen molar-refractivity contribution in [1.82, 2.24) is 14.3 Å². The molecule has 1 saturated heterocycles. The first kappa shape index (κ1) is 20.9. The van der Waals surface area contributed by atoms with E-state index in [1.807, 2.05) is 35.7 Å². The van der Waals surface area contributed by atoms with Gasteiger partial charge >= 0.3 is 0 Å².